The Morgan fingerprint density at radius 1 is 0.405 bits per heavy atom. The maximum Gasteiger partial charge on any atom is 0.416 e. The van der Waals surface area contributed by atoms with Crippen molar-refractivity contribution in [3.8, 4) is 0 Å². The quantitative estimate of drug-likeness (QED) is 0.0692. The van der Waals surface area contributed by atoms with Crippen LogP contribution >= 0.6 is 0 Å². The number of alkyl halides is 24. The number of benzene rings is 5. The minimum absolute atomic E-state index is 0.312. The van der Waals surface area contributed by atoms with Crippen LogP contribution in [0, 0.1) is 0 Å². The van der Waals surface area contributed by atoms with Crippen LogP contribution in [0.4, 0.5) is 105 Å². The van der Waals surface area contributed by atoms with Crippen LogP contribution in [0.2, 0.25) is 0 Å². The Balaban J connectivity index is 0.000000500. The van der Waals surface area contributed by atoms with Gasteiger partial charge in [-0.15, -0.1) is 0 Å². The molecule has 6 rings (SSSR count). The zero-order chi connectivity index (χ0) is 56.0. The fourth-order valence-electron chi connectivity index (χ4n) is 7.60. The Morgan fingerprint density at radius 3 is 0.838 bits per heavy atom. The van der Waals surface area contributed by atoms with Gasteiger partial charge in [0, 0.05) is 5.56 Å². The van der Waals surface area contributed by atoms with Gasteiger partial charge in [-0.05, 0) is 36.4 Å². The molecule has 0 aliphatic heterocycles. The molecule has 6 aromatic rings. The van der Waals surface area contributed by atoms with Gasteiger partial charge < -0.3 is 4.74 Å². The van der Waals surface area contributed by atoms with Crippen LogP contribution in [0.5, 0.6) is 0 Å². The van der Waals surface area contributed by atoms with Crippen LogP contribution in [0.25, 0.3) is 0 Å². The molecule has 0 bridgehead atoms. The molecule has 0 aliphatic carbocycles. The SMILES string of the molecule is COC(=O)c1ccc(C[n+]2ccncc2)cc1.FC(F)(F)c1cc([B-](c2cc(C(F)(F)F)cc(C(F)(F)F)c2)(c2cc(C(F)(F)F)cc(C(F)(F)F)c2)c2cc(C(F)(F)F)cc(C(F)(F)F)c2)cc(C(F)(F)F)c1. The lowest BCUT2D eigenvalue weighted by atomic mass is 9.12. The van der Waals surface area contributed by atoms with Gasteiger partial charge in [0.2, 0.25) is 0 Å². The highest BCUT2D eigenvalue weighted by molar-refractivity contribution is 7.20. The van der Waals surface area contributed by atoms with Crippen molar-refractivity contribution in [1.82, 2.24) is 4.98 Å². The third-order valence-corrected chi connectivity index (χ3v) is 10.9. The highest BCUT2D eigenvalue weighted by Gasteiger charge is 2.47. The van der Waals surface area contributed by atoms with E-state index in [-0.39, 0.29) is 5.97 Å². The van der Waals surface area contributed by atoms with Gasteiger partial charge in [0.05, 0.1) is 69.6 Å². The molecule has 398 valence electrons. The molecule has 0 amide bonds. The van der Waals surface area contributed by atoms with Crippen LogP contribution in [0.1, 0.15) is 60.4 Å². The van der Waals surface area contributed by atoms with Crippen LogP contribution in [0.15, 0.2) is 122 Å². The number of carbonyl (C=O) groups excluding carboxylic acids is 1. The summed E-state index contributed by atoms with van der Waals surface area (Å²) in [4.78, 5) is 15.2. The third kappa shape index (κ3) is 13.4. The zero-order valence-corrected chi connectivity index (χ0v) is 36.1. The highest BCUT2D eigenvalue weighted by atomic mass is 19.4. The van der Waals surface area contributed by atoms with Gasteiger partial charge in [0.25, 0.3) is 0 Å². The Hall–Kier alpha value is -6.97. The third-order valence-electron chi connectivity index (χ3n) is 10.9. The Morgan fingerprint density at radius 2 is 0.635 bits per heavy atom. The summed E-state index contributed by atoms with van der Waals surface area (Å²) in [5.41, 5.74) is -28.5. The molecule has 29 heteroatoms. The first-order valence-corrected chi connectivity index (χ1v) is 19.9. The Labute approximate surface area is 398 Å². The van der Waals surface area contributed by atoms with E-state index in [4.69, 9.17) is 0 Å². The Bertz CT molecular complexity index is 2530. The van der Waals surface area contributed by atoms with Gasteiger partial charge >= 0.3 is 55.4 Å². The van der Waals surface area contributed by atoms with E-state index < -0.39 is 195 Å². The van der Waals surface area contributed by atoms with Crippen molar-refractivity contribution in [2.24, 2.45) is 0 Å². The summed E-state index contributed by atoms with van der Waals surface area (Å²) in [6, 6.07) is -1.44. The van der Waals surface area contributed by atoms with E-state index in [2.05, 4.69) is 9.72 Å². The van der Waals surface area contributed by atoms with Gasteiger partial charge in [0.1, 0.15) is 6.15 Å². The van der Waals surface area contributed by atoms with E-state index in [0.717, 1.165) is 12.1 Å². The first-order chi connectivity index (χ1) is 33.6. The van der Waals surface area contributed by atoms with Crippen molar-refractivity contribution in [3.63, 3.8) is 0 Å². The number of hydrogen-bond donors (Lipinski definition) is 0. The lowest BCUT2D eigenvalue weighted by molar-refractivity contribution is -0.688. The molecule has 0 radical (unpaired) electrons. The molecule has 5 aromatic carbocycles. The van der Waals surface area contributed by atoms with Crippen molar-refractivity contribution >= 4 is 34.0 Å². The van der Waals surface area contributed by atoms with Crippen LogP contribution in [0.3, 0.4) is 0 Å². The van der Waals surface area contributed by atoms with Crippen molar-refractivity contribution in [1.29, 1.82) is 0 Å². The van der Waals surface area contributed by atoms with Gasteiger partial charge in [-0.2, -0.15) is 132 Å². The minimum Gasteiger partial charge on any atom is -0.465 e. The van der Waals surface area contributed by atoms with Crippen LogP contribution in [-0.4, -0.2) is 24.2 Å². The van der Waals surface area contributed by atoms with Crippen LogP contribution in [-0.2, 0) is 60.7 Å². The molecule has 0 spiro atoms. The Kier molecular flexibility index (Phi) is 15.7. The molecule has 0 atom stereocenters. The fraction of sp³-hybridized carbons (Fsp3) is 0.222. The van der Waals surface area contributed by atoms with E-state index in [1.807, 2.05) is 29.1 Å². The summed E-state index contributed by atoms with van der Waals surface area (Å²) in [5, 5.41) is 0. The van der Waals surface area contributed by atoms with Crippen molar-refractivity contribution in [2.45, 2.75) is 56.0 Å². The second kappa shape index (κ2) is 20.0. The van der Waals surface area contributed by atoms with E-state index in [1.165, 1.54) is 7.11 Å². The molecular formula is C45H25BF24N2O2. The number of aromatic nitrogens is 2. The maximum absolute atomic E-state index is 14.2. The summed E-state index contributed by atoms with van der Waals surface area (Å²) >= 11 is 0. The van der Waals surface area contributed by atoms with Gasteiger partial charge in [-0.3, -0.25) is 4.98 Å². The normalized spacial score (nSPS) is 13.3. The molecule has 0 fully saturated rings. The number of carbonyl (C=O) groups is 1. The summed E-state index contributed by atoms with van der Waals surface area (Å²) in [6.07, 6.45) is -47.5. The number of methoxy groups -OCH3 is 1. The minimum atomic E-state index is -6.13. The molecule has 1 aromatic heterocycles. The molecule has 1 heterocycles. The lowest BCUT2D eigenvalue weighted by Crippen LogP contribution is -2.75. The summed E-state index contributed by atoms with van der Waals surface area (Å²) in [7, 11) is 1.38. The molecule has 0 unspecified atom stereocenters. The molecule has 74 heavy (non-hydrogen) atoms. The number of rotatable bonds is 7. The molecule has 0 saturated carbocycles. The number of ether oxygens (including phenoxy) is 1. The first kappa shape index (κ1) is 57.9. The van der Waals surface area contributed by atoms with Gasteiger partial charge in [-0.1, -0.05) is 60.7 Å². The standard InChI is InChI=1S/C32H12BF24.C13H13N2O2/c34-25(35,36)13-1-14(26(37,38)39)6-21(5-13)33(22-7-15(27(40,41)42)2-16(8-22)28(43,44)45,23-9-17(29(46,47)48)3-18(10-23)30(49,50)51)24-11-19(31(52,53)54)4-20(12-24)32(55,56)57;1-17-13(16)12-4-2-11(3-5-12)10-15-8-6-14-7-9-15/h1-12H;2-9H,10H2,1H3/q-1;+1. The predicted molar refractivity (Wildman–Crippen MR) is 211 cm³/mol. The molecule has 0 saturated heterocycles. The summed E-state index contributed by atoms with van der Waals surface area (Å²) in [5.74, 6) is -0.312. The largest absolute Gasteiger partial charge is 0.465 e. The molecule has 0 aliphatic rings. The average Bonchev–Trinajstić information content (AvgIpc) is 3.27. The number of nitrogens with zero attached hydrogens (tertiary/aromatic N) is 2. The number of hydrogen-bond acceptors (Lipinski definition) is 3. The maximum atomic E-state index is 14.2. The number of esters is 1. The van der Waals surface area contributed by atoms with Gasteiger partial charge in [0.15, 0.2) is 18.9 Å². The highest BCUT2D eigenvalue weighted by Crippen LogP contribution is 2.41. The number of halogens is 24. The van der Waals surface area contributed by atoms with E-state index in [0.29, 0.717) is 5.56 Å². The van der Waals surface area contributed by atoms with E-state index in [9.17, 15) is 110 Å². The second-order valence-electron chi connectivity index (χ2n) is 15.8. The predicted octanol–water partition coefficient (Wildman–Crippen LogP) is 12.4. The van der Waals surface area contributed by atoms with Crippen molar-refractivity contribution < 1.29 is 119 Å². The first-order valence-electron chi connectivity index (χ1n) is 19.9. The second-order valence-corrected chi connectivity index (χ2v) is 15.8. The lowest BCUT2D eigenvalue weighted by Gasteiger charge is -2.46. The van der Waals surface area contributed by atoms with Crippen molar-refractivity contribution in [3.05, 3.63) is 177 Å². The monoisotopic (exact) mass is 1090 g/mol. The summed E-state index contributed by atoms with van der Waals surface area (Å²) < 4.78 is 347. The average molecular weight is 1090 g/mol. The molecule has 4 nitrogen and oxygen atoms in total. The smallest absolute Gasteiger partial charge is 0.416 e. The zero-order valence-electron chi connectivity index (χ0n) is 36.1. The van der Waals surface area contributed by atoms with Crippen LogP contribution < -0.4 is 26.4 Å². The van der Waals surface area contributed by atoms with E-state index >= 15 is 0 Å². The molecule has 0 N–H and O–H groups in total. The molecular weight excluding hydrogens is 1070 g/mol. The van der Waals surface area contributed by atoms with Crippen molar-refractivity contribution in [2.75, 3.05) is 7.11 Å². The van der Waals surface area contributed by atoms with E-state index in [1.54, 1.807) is 24.5 Å². The summed E-state index contributed by atoms with van der Waals surface area (Å²) in [6.45, 7) is 0.754. The van der Waals surface area contributed by atoms with Gasteiger partial charge in [-0.25, -0.2) is 4.79 Å². The fourth-order valence-corrected chi connectivity index (χ4v) is 7.60. The topological polar surface area (TPSA) is 43.1 Å².